The molecule has 0 aliphatic rings. The molecule has 1 N–H and O–H groups in total. The van der Waals surface area contributed by atoms with Crippen molar-refractivity contribution in [1.29, 1.82) is 0 Å². The molecule has 0 bridgehead atoms. The van der Waals surface area contributed by atoms with Crippen molar-refractivity contribution < 1.29 is 22.4 Å². The molecular formula is C29H32Cl2FN3O4S. The lowest BCUT2D eigenvalue weighted by atomic mass is 10.1. The number of para-hydroxylation sites is 1. The average molecular weight is 609 g/mol. The summed E-state index contributed by atoms with van der Waals surface area (Å²) in [6, 6.07) is 16.5. The topological polar surface area (TPSA) is 86.8 Å². The van der Waals surface area contributed by atoms with E-state index in [0.29, 0.717) is 10.6 Å². The van der Waals surface area contributed by atoms with E-state index in [1.807, 2.05) is 20.8 Å². The first kappa shape index (κ1) is 31.4. The predicted octanol–water partition coefficient (Wildman–Crippen LogP) is 6.05. The van der Waals surface area contributed by atoms with Crippen LogP contribution in [0.15, 0.2) is 77.7 Å². The first-order valence-corrected chi connectivity index (χ1v) is 14.8. The van der Waals surface area contributed by atoms with E-state index < -0.39 is 45.8 Å². The van der Waals surface area contributed by atoms with Gasteiger partial charge in [0.2, 0.25) is 11.8 Å². The quantitative estimate of drug-likeness (QED) is 0.304. The highest BCUT2D eigenvalue weighted by molar-refractivity contribution is 7.92. The van der Waals surface area contributed by atoms with Crippen LogP contribution in [0.1, 0.15) is 39.7 Å². The number of anilines is 1. The Hall–Kier alpha value is -3.14. The summed E-state index contributed by atoms with van der Waals surface area (Å²) in [5, 5.41) is 3.56. The minimum Gasteiger partial charge on any atom is -0.350 e. The number of carbonyl (C=O) groups is 2. The summed E-state index contributed by atoms with van der Waals surface area (Å²) in [5.41, 5.74) is -0.381. The molecule has 11 heteroatoms. The predicted molar refractivity (Wildman–Crippen MR) is 156 cm³/mol. The largest absolute Gasteiger partial charge is 0.350 e. The van der Waals surface area contributed by atoms with Crippen molar-refractivity contribution in [3.63, 3.8) is 0 Å². The van der Waals surface area contributed by atoms with E-state index in [1.165, 1.54) is 53.4 Å². The number of halogens is 3. The van der Waals surface area contributed by atoms with Gasteiger partial charge in [0.05, 0.1) is 10.6 Å². The fourth-order valence-electron chi connectivity index (χ4n) is 4.09. The van der Waals surface area contributed by atoms with Gasteiger partial charge in [0.25, 0.3) is 10.0 Å². The Morgan fingerprint density at radius 3 is 2.17 bits per heavy atom. The van der Waals surface area contributed by atoms with E-state index in [4.69, 9.17) is 23.2 Å². The molecule has 0 radical (unpaired) electrons. The number of nitrogens with one attached hydrogen (secondary N) is 1. The van der Waals surface area contributed by atoms with Gasteiger partial charge in [-0.1, -0.05) is 66.5 Å². The van der Waals surface area contributed by atoms with E-state index in [2.05, 4.69) is 5.32 Å². The molecule has 0 aromatic heterocycles. The van der Waals surface area contributed by atoms with Crippen molar-refractivity contribution >= 4 is 50.7 Å². The van der Waals surface area contributed by atoms with Gasteiger partial charge in [-0.3, -0.25) is 13.9 Å². The zero-order valence-corrected chi connectivity index (χ0v) is 25.0. The van der Waals surface area contributed by atoms with Gasteiger partial charge in [-0.25, -0.2) is 12.8 Å². The Labute approximate surface area is 244 Å². The van der Waals surface area contributed by atoms with Gasteiger partial charge in [0, 0.05) is 22.1 Å². The van der Waals surface area contributed by atoms with Gasteiger partial charge in [0.15, 0.2) is 0 Å². The molecule has 40 heavy (non-hydrogen) atoms. The van der Waals surface area contributed by atoms with Crippen LogP contribution < -0.4 is 9.62 Å². The molecule has 0 spiro atoms. The van der Waals surface area contributed by atoms with Crippen LogP contribution in [0.4, 0.5) is 10.1 Å². The van der Waals surface area contributed by atoms with Gasteiger partial charge in [-0.2, -0.15) is 0 Å². The number of carbonyl (C=O) groups excluding carboxylic acids is 2. The highest BCUT2D eigenvalue weighted by Crippen LogP contribution is 2.28. The minimum absolute atomic E-state index is 0.110. The lowest BCUT2D eigenvalue weighted by Gasteiger charge is -2.35. The highest BCUT2D eigenvalue weighted by Gasteiger charge is 2.35. The maximum Gasteiger partial charge on any atom is 0.264 e. The molecule has 0 heterocycles. The molecule has 3 aromatic rings. The minimum atomic E-state index is -4.37. The summed E-state index contributed by atoms with van der Waals surface area (Å²) < 4.78 is 43.2. The van der Waals surface area contributed by atoms with Crippen molar-refractivity contribution in [3.05, 3.63) is 94.2 Å². The summed E-state index contributed by atoms with van der Waals surface area (Å²) >= 11 is 12.5. The lowest BCUT2D eigenvalue weighted by Crippen LogP contribution is -2.55. The van der Waals surface area contributed by atoms with Crippen LogP contribution in [0.3, 0.4) is 0 Å². The molecule has 1 unspecified atom stereocenters. The van der Waals surface area contributed by atoms with E-state index in [0.717, 1.165) is 10.4 Å². The van der Waals surface area contributed by atoms with Gasteiger partial charge in [-0.05, 0) is 69.2 Å². The SMILES string of the molecule is CCC(C(=O)NC(C)(C)C)N(Cc1ccc(Cl)cc1Cl)C(=O)CN(c1ccccc1F)S(=O)(=O)c1ccccc1. The maximum absolute atomic E-state index is 15.0. The summed E-state index contributed by atoms with van der Waals surface area (Å²) in [5.74, 6) is -1.96. The van der Waals surface area contributed by atoms with Crippen molar-refractivity contribution in [2.75, 3.05) is 10.8 Å². The van der Waals surface area contributed by atoms with E-state index >= 15 is 0 Å². The Morgan fingerprint density at radius 2 is 1.60 bits per heavy atom. The summed E-state index contributed by atoms with van der Waals surface area (Å²) in [7, 11) is -4.37. The molecule has 3 aromatic carbocycles. The number of rotatable bonds is 10. The molecule has 1 atom stereocenters. The average Bonchev–Trinajstić information content (AvgIpc) is 2.88. The summed E-state index contributed by atoms with van der Waals surface area (Å²) in [6.07, 6.45) is 0.226. The third-order valence-corrected chi connectivity index (χ3v) is 8.33. The second-order valence-corrected chi connectivity index (χ2v) is 12.9. The van der Waals surface area contributed by atoms with Crippen molar-refractivity contribution in [2.24, 2.45) is 0 Å². The van der Waals surface area contributed by atoms with Crippen molar-refractivity contribution in [2.45, 2.75) is 57.1 Å². The monoisotopic (exact) mass is 607 g/mol. The fourth-order valence-corrected chi connectivity index (χ4v) is 6.00. The lowest BCUT2D eigenvalue weighted by molar-refractivity contribution is -0.141. The Morgan fingerprint density at radius 1 is 0.975 bits per heavy atom. The molecular weight excluding hydrogens is 576 g/mol. The smallest absolute Gasteiger partial charge is 0.264 e. The molecule has 0 aliphatic heterocycles. The zero-order valence-electron chi connectivity index (χ0n) is 22.7. The molecule has 0 saturated carbocycles. The van der Waals surface area contributed by atoms with Gasteiger partial charge >= 0.3 is 0 Å². The Balaban J connectivity index is 2.10. The van der Waals surface area contributed by atoms with Crippen LogP contribution in [-0.2, 0) is 26.2 Å². The van der Waals surface area contributed by atoms with Crippen LogP contribution in [0, 0.1) is 5.82 Å². The third kappa shape index (κ3) is 7.74. The highest BCUT2D eigenvalue weighted by atomic mass is 35.5. The van der Waals surface area contributed by atoms with Crippen molar-refractivity contribution in [1.82, 2.24) is 10.2 Å². The van der Waals surface area contributed by atoms with Crippen LogP contribution in [0.2, 0.25) is 10.0 Å². The molecule has 0 saturated heterocycles. The van der Waals surface area contributed by atoms with Crippen LogP contribution in [0.25, 0.3) is 0 Å². The molecule has 0 fully saturated rings. The number of benzene rings is 3. The number of amides is 2. The summed E-state index contributed by atoms with van der Waals surface area (Å²) in [4.78, 5) is 28.5. The number of nitrogens with zero attached hydrogens (tertiary/aromatic N) is 2. The first-order chi connectivity index (χ1) is 18.7. The standard InChI is InChI=1S/C29H32Cl2FN3O4S/c1-5-25(28(37)33-29(2,3)4)34(18-20-15-16-21(30)17-23(20)31)27(36)19-35(26-14-10-9-13-24(26)32)40(38,39)22-11-7-6-8-12-22/h6-17,25H,5,18-19H2,1-4H3,(H,33,37). The number of hydrogen-bond donors (Lipinski definition) is 1. The zero-order chi connectivity index (χ0) is 29.7. The second-order valence-electron chi connectivity index (χ2n) is 10.2. The normalized spacial score (nSPS) is 12.5. The number of hydrogen-bond acceptors (Lipinski definition) is 4. The molecule has 3 rings (SSSR count). The van der Waals surface area contributed by atoms with E-state index in [1.54, 1.807) is 25.1 Å². The van der Waals surface area contributed by atoms with E-state index in [-0.39, 0.29) is 28.6 Å². The van der Waals surface area contributed by atoms with Crippen molar-refractivity contribution in [3.8, 4) is 0 Å². The Bertz CT molecular complexity index is 1460. The van der Waals surface area contributed by atoms with Gasteiger partial charge < -0.3 is 10.2 Å². The summed E-state index contributed by atoms with van der Waals surface area (Å²) in [6.45, 7) is 6.31. The maximum atomic E-state index is 15.0. The second kappa shape index (κ2) is 13.0. The van der Waals surface area contributed by atoms with Crippen LogP contribution >= 0.6 is 23.2 Å². The number of sulfonamides is 1. The molecule has 214 valence electrons. The van der Waals surface area contributed by atoms with Gasteiger partial charge in [0.1, 0.15) is 18.4 Å². The third-order valence-electron chi connectivity index (χ3n) is 5.97. The Kier molecular flexibility index (Phi) is 10.2. The van der Waals surface area contributed by atoms with Gasteiger partial charge in [-0.15, -0.1) is 0 Å². The molecule has 0 aliphatic carbocycles. The fraction of sp³-hybridized carbons (Fsp3) is 0.310. The molecule has 2 amide bonds. The van der Waals surface area contributed by atoms with Crippen LogP contribution in [0.5, 0.6) is 0 Å². The first-order valence-electron chi connectivity index (χ1n) is 12.6. The van der Waals surface area contributed by atoms with E-state index in [9.17, 15) is 22.4 Å². The van der Waals surface area contributed by atoms with Crippen LogP contribution in [-0.4, -0.2) is 43.3 Å². The molecule has 7 nitrogen and oxygen atoms in total.